The Morgan fingerprint density at radius 3 is 2.85 bits per heavy atom. The second-order valence-corrected chi connectivity index (χ2v) is 7.43. The number of thiophene rings is 1. The molecule has 3 heterocycles. The predicted octanol–water partition coefficient (Wildman–Crippen LogP) is 2.76. The van der Waals surface area contributed by atoms with E-state index in [9.17, 15) is 9.59 Å². The number of nitrogens with one attached hydrogen (secondary N) is 2. The van der Waals surface area contributed by atoms with E-state index in [1.807, 2.05) is 44.2 Å². The minimum Gasteiger partial charge on any atom is -0.464 e. The van der Waals surface area contributed by atoms with Gasteiger partial charge in [-0.15, -0.1) is 11.3 Å². The van der Waals surface area contributed by atoms with Crippen molar-refractivity contribution >= 4 is 27.5 Å². The SMILES string of the molecule is CC(C)NC(=O)CN(C)C(C)c1nc2scc(-c3ccco3)c2c(=O)[nH]1. The molecule has 0 saturated carbocycles. The van der Waals surface area contributed by atoms with Crippen molar-refractivity contribution in [2.75, 3.05) is 13.6 Å². The maximum Gasteiger partial charge on any atom is 0.260 e. The van der Waals surface area contributed by atoms with Crippen LogP contribution in [0.4, 0.5) is 0 Å². The first kappa shape index (κ1) is 18.3. The van der Waals surface area contributed by atoms with Crippen molar-refractivity contribution in [3.8, 4) is 11.3 Å². The molecule has 1 atom stereocenters. The summed E-state index contributed by atoms with van der Waals surface area (Å²) >= 11 is 1.40. The molecule has 3 aromatic heterocycles. The summed E-state index contributed by atoms with van der Waals surface area (Å²) in [5.41, 5.74) is 0.539. The summed E-state index contributed by atoms with van der Waals surface area (Å²) in [4.78, 5) is 34.6. The topological polar surface area (TPSA) is 91.2 Å². The molecule has 8 heteroatoms. The summed E-state index contributed by atoms with van der Waals surface area (Å²) in [6.07, 6.45) is 1.58. The highest BCUT2D eigenvalue weighted by molar-refractivity contribution is 7.17. The maximum atomic E-state index is 12.6. The number of fused-ring (bicyclic) bond motifs is 1. The molecule has 0 aliphatic heterocycles. The third kappa shape index (κ3) is 3.71. The second-order valence-electron chi connectivity index (χ2n) is 6.57. The molecule has 0 radical (unpaired) electrons. The highest BCUT2D eigenvalue weighted by Crippen LogP contribution is 2.31. The van der Waals surface area contributed by atoms with Crippen LogP contribution in [0.3, 0.4) is 0 Å². The zero-order chi connectivity index (χ0) is 18.8. The highest BCUT2D eigenvalue weighted by Gasteiger charge is 2.20. The third-order valence-electron chi connectivity index (χ3n) is 4.15. The van der Waals surface area contributed by atoms with Gasteiger partial charge in [0.05, 0.1) is 24.2 Å². The molecule has 0 aromatic carbocycles. The Labute approximate surface area is 155 Å². The molecule has 3 aromatic rings. The summed E-state index contributed by atoms with van der Waals surface area (Å²) in [5.74, 6) is 1.12. The molecule has 0 saturated heterocycles. The summed E-state index contributed by atoms with van der Waals surface area (Å²) in [7, 11) is 1.83. The molecule has 0 aliphatic carbocycles. The minimum atomic E-state index is -0.209. The summed E-state index contributed by atoms with van der Waals surface area (Å²) < 4.78 is 5.41. The van der Waals surface area contributed by atoms with Gasteiger partial charge < -0.3 is 14.7 Å². The van der Waals surface area contributed by atoms with Gasteiger partial charge >= 0.3 is 0 Å². The normalized spacial score (nSPS) is 12.8. The van der Waals surface area contributed by atoms with Crippen LogP contribution in [-0.2, 0) is 4.79 Å². The number of furan rings is 1. The first-order valence-corrected chi connectivity index (χ1v) is 9.29. The number of aromatic amines is 1. The predicted molar refractivity (Wildman–Crippen MR) is 102 cm³/mol. The molecular formula is C18H22N4O3S. The van der Waals surface area contributed by atoms with Crippen LogP contribution in [0.2, 0.25) is 0 Å². The van der Waals surface area contributed by atoms with Gasteiger partial charge in [0.15, 0.2) is 0 Å². The molecule has 0 fully saturated rings. The van der Waals surface area contributed by atoms with E-state index >= 15 is 0 Å². The highest BCUT2D eigenvalue weighted by atomic mass is 32.1. The molecule has 26 heavy (non-hydrogen) atoms. The van der Waals surface area contributed by atoms with Gasteiger partial charge in [0.2, 0.25) is 5.91 Å². The Bertz CT molecular complexity index is 959. The van der Waals surface area contributed by atoms with E-state index in [0.29, 0.717) is 21.8 Å². The number of H-pyrrole nitrogens is 1. The lowest BCUT2D eigenvalue weighted by molar-refractivity contribution is -0.122. The number of hydrogen-bond donors (Lipinski definition) is 2. The lowest BCUT2D eigenvalue weighted by atomic mass is 10.2. The lowest BCUT2D eigenvalue weighted by Gasteiger charge is -2.23. The Hall–Kier alpha value is -2.45. The average Bonchev–Trinajstić information content (AvgIpc) is 3.21. The fourth-order valence-electron chi connectivity index (χ4n) is 2.72. The number of amides is 1. The van der Waals surface area contributed by atoms with Gasteiger partial charge in [0, 0.05) is 17.0 Å². The van der Waals surface area contributed by atoms with Crippen LogP contribution in [0, 0.1) is 0 Å². The fraction of sp³-hybridized carbons (Fsp3) is 0.389. The molecule has 0 bridgehead atoms. The van der Waals surface area contributed by atoms with Crippen molar-refractivity contribution in [2.24, 2.45) is 0 Å². The summed E-state index contributed by atoms with van der Waals surface area (Å²) in [5, 5.41) is 5.26. The largest absolute Gasteiger partial charge is 0.464 e. The minimum absolute atomic E-state index is 0.0611. The maximum absolute atomic E-state index is 12.6. The van der Waals surface area contributed by atoms with E-state index < -0.39 is 0 Å². The molecular weight excluding hydrogens is 352 g/mol. The first-order valence-electron chi connectivity index (χ1n) is 8.41. The monoisotopic (exact) mass is 374 g/mol. The Kier molecular flexibility index (Phi) is 5.24. The molecule has 2 N–H and O–H groups in total. The van der Waals surface area contributed by atoms with Crippen molar-refractivity contribution in [1.29, 1.82) is 0 Å². The van der Waals surface area contributed by atoms with Crippen LogP contribution in [-0.4, -0.2) is 40.4 Å². The standard InChI is InChI=1S/C18H22N4O3S/c1-10(2)19-14(23)8-22(4)11(3)16-20-17(24)15-12(9-26-18(15)21-16)13-6-5-7-25-13/h5-7,9-11H,8H2,1-4H3,(H,19,23)(H,20,21,24). The molecule has 7 nitrogen and oxygen atoms in total. The second kappa shape index (κ2) is 7.43. The smallest absolute Gasteiger partial charge is 0.260 e. The first-order chi connectivity index (χ1) is 12.4. The van der Waals surface area contributed by atoms with Crippen LogP contribution in [0.25, 0.3) is 21.5 Å². The number of aromatic nitrogens is 2. The van der Waals surface area contributed by atoms with Crippen LogP contribution in [0.5, 0.6) is 0 Å². The zero-order valence-electron chi connectivity index (χ0n) is 15.2. The molecule has 1 amide bonds. The van der Waals surface area contributed by atoms with Crippen molar-refractivity contribution in [2.45, 2.75) is 32.9 Å². The van der Waals surface area contributed by atoms with Gasteiger partial charge in [-0.2, -0.15) is 0 Å². The van der Waals surface area contributed by atoms with Gasteiger partial charge in [-0.25, -0.2) is 4.98 Å². The van der Waals surface area contributed by atoms with Gasteiger partial charge in [-0.05, 0) is 40.0 Å². The van der Waals surface area contributed by atoms with Gasteiger partial charge in [0.1, 0.15) is 16.4 Å². The molecule has 3 rings (SSSR count). The van der Waals surface area contributed by atoms with Crippen LogP contribution < -0.4 is 10.9 Å². The molecule has 138 valence electrons. The summed E-state index contributed by atoms with van der Waals surface area (Å²) in [6, 6.07) is 3.48. The van der Waals surface area contributed by atoms with Gasteiger partial charge in [-0.3, -0.25) is 14.5 Å². The Morgan fingerprint density at radius 1 is 1.42 bits per heavy atom. The number of likely N-dealkylation sites (N-methyl/N-ethyl adjacent to an activating group) is 1. The Morgan fingerprint density at radius 2 is 2.19 bits per heavy atom. The van der Waals surface area contributed by atoms with Crippen molar-refractivity contribution in [3.05, 3.63) is 40.0 Å². The quantitative estimate of drug-likeness (QED) is 0.692. The van der Waals surface area contributed by atoms with Gasteiger partial charge in [0.25, 0.3) is 5.56 Å². The van der Waals surface area contributed by atoms with E-state index in [0.717, 1.165) is 5.56 Å². The van der Waals surface area contributed by atoms with Crippen LogP contribution in [0.15, 0.2) is 33.0 Å². The van der Waals surface area contributed by atoms with E-state index in [-0.39, 0.29) is 30.1 Å². The van der Waals surface area contributed by atoms with Gasteiger partial charge in [-0.1, -0.05) is 0 Å². The zero-order valence-corrected chi connectivity index (χ0v) is 16.0. The number of carbonyl (C=O) groups excluding carboxylic acids is 1. The van der Waals surface area contributed by atoms with Crippen LogP contribution in [0.1, 0.15) is 32.6 Å². The van der Waals surface area contributed by atoms with E-state index in [4.69, 9.17) is 4.42 Å². The Balaban J connectivity index is 1.87. The number of carbonyl (C=O) groups is 1. The number of nitrogens with zero attached hydrogens (tertiary/aromatic N) is 2. The van der Waals surface area contributed by atoms with E-state index in [1.165, 1.54) is 11.3 Å². The van der Waals surface area contributed by atoms with E-state index in [1.54, 1.807) is 12.3 Å². The van der Waals surface area contributed by atoms with Crippen molar-refractivity contribution in [1.82, 2.24) is 20.2 Å². The lowest BCUT2D eigenvalue weighted by Crippen LogP contribution is -2.39. The molecule has 0 aliphatic rings. The van der Waals surface area contributed by atoms with Crippen LogP contribution >= 0.6 is 11.3 Å². The van der Waals surface area contributed by atoms with Crippen molar-refractivity contribution < 1.29 is 9.21 Å². The molecule has 0 spiro atoms. The average molecular weight is 374 g/mol. The fourth-order valence-corrected chi connectivity index (χ4v) is 3.65. The number of hydrogen-bond acceptors (Lipinski definition) is 6. The summed E-state index contributed by atoms with van der Waals surface area (Å²) in [6.45, 7) is 5.97. The number of rotatable bonds is 6. The molecule has 1 unspecified atom stereocenters. The van der Waals surface area contributed by atoms with E-state index in [2.05, 4.69) is 15.3 Å². The third-order valence-corrected chi connectivity index (χ3v) is 5.02. The van der Waals surface area contributed by atoms with Crippen molar-refractivity contribution in [3.63, 3.8) is 0 Å².